The fraction of sp³-hybridized carbons (Fsp3) is 0.185. The minimum Gasteiger partial charge on any atom is -0.496 e. The van der Waals surface area contributed by atoms with Gasteiger partial charge < -0.3 is 10.1 Å². The topological polar surface area (TPSA) is 97.4 Å². The van der Waals surface area contributed by atoms with E-state index in [1.807, 2.05) is 49.4 Å². The Balaban J connectivity index is 1.97. The van der Waals surface area contributed by atoms with Gasteiger partial charge in [0.1, 0.15) is 5.75 Å². The van der Waals surface area contributed by atoms with Crippen LogP contribution in [0.25, 0.3) is 22.2 Å². The molecule has 2 N–H and O–H groups in total. The van der Waals surface area contributed by atoms with Crippen molar-refractivity contribution in [3.8, 4) is 17.0 Å². The average Bonchev–Trinajstić information content (AvgIpc) is 2.86. The van der Waals surface area contributed by atoms with Crippen molar-refractivity contribution >= 4 is 32.5 Å². The summed E-state index contributed by atoms with van der Waals surface area (Å²) in [5.74, 6) is 0.107. The lowest BCUT2D eigenvalue weighted by molar-refractivity contribution is 0.0938. The van der Waals surface area contributed by atoms with Gasteiger partial charge in [-0.15, -0.1) is 0 Å². The van der Waals surface area contributed by atoms with Crippen LogP contribution < -0.4 is 14.8 Å². The normalized spacial score (nSPS) is 12.2. The summed E-state index contributed by atoms with van der Waals surface area (Å²) in [6.45, 7) is 1.98. The molecule has 0 aliphatic heterocycles. The number of anilines is 1. The number of aromatic nitrogens is 1. The number of carbonyl (C=O) groups is 1. The van der Waals surface area contributed by atoms with Gasteiger partial charge in [0, 0.05) is 10.9 Å². The van der Waals surface area contributed by atoms with Gasteiger partial charge in [-0.25, -0.2) is 13.4 Å². The number of sulfonamides is 1. The minimum absolute atomic E-state index is 0.108. The van der Waals surface area contributed by atoms with Gasteiger partial charge in [-0.05, 0) is 30.2 Å². The summed E-state index contributed by atoms with van der Waals surface area (Å²) >= 11 is 0. The number of hydrogen-bond acceptors (Lipinski definition) is 5. The zero-order chi connectivity index (χ0) is 25.0. The Bertz CT molecular complexity index is 1470. The number of hydrogen-bond donors (Lipinski definition) is 2. The molecule has 0 spiro atoms. The summed E-state index contributed by atoms with van der Waals surface area (Å²) in [5.41, 5.74) is 2.71. The third kappa shape index (κ3) is 5.27. The van der Waals surface area contributed by atoms with Gasteiger partial charge in [-0.1, -0.05) is 67.6 Å². The zero-order valence-corrected chi connectivity index (χ0v) is 20.6. The summed E-state index contributed by atoms with van der Waals surface area (Å²) in [6.07, 6.45) is 1.71. The molecule has 180 valence electrons. The maximum Gasteiger partial charge on any atom is 0.254 e. The summed E-state index contributed by atoms with van der Waals surface area (Å²) in [6, 6.07) is 23.8. The van der Waals surface area contributed by atoms with Gasteiger partial charge in [0.05, 0.1) is 41.9 Å². The number of pyridine rings is 1. The first-order valence-corrected chi connectivity index (χ1v) is 13.1. The van der Waals surface area contributed by atoms with Gasteiger partial charge in [-0.3, -0.25) is 9.52 Å². The smallest absolute Gasteiger partial charge is 0.254 e. The van der Waals surface area contributed by atoms with Crippen molar-refractivity contribution in [2.75, 3.05) is 18.1 Å². The van der Waals surface area contributed by atoms with E-state index in [2.05, 4.69) is 10.0 Å². The van der Waals surface area contributed by atoms with Crippen LogP contribution in [0.15, 0.2) is 78.9 Å². The molecule has 0 bridgehead atoms. The van der Waals surface area contributed by atoms with E-state index in [1.54, 1.807) is 36.4 Å². The van der Waals surface area contributed by atoms with Gasteiger partial charge in [-0.2, -0.15) is 0 Å². The van der Waals surface area contributed by atoms with Crippen LogP contribution in [-0.4, -0.2) is 32.7 Å². The van der Waals surface area contributed by atoms with Crippen molar-refractivity contribution in [1.82, 2.24) is 10.3 Å². The van der Waals surface area contributed by atoms with Gasteiger partial charge in [0.15, 0.2) is 0 Å². The molecule has 1 amide bonds. The maximum atomic E-state index is 13.8. The number of methoxy groups -OCH3 is 1. The van der Waals surface area contributed by atoms with Crippen LogP contribution in [0.4, 0.5) is 5.69 Å². The van der Waals surface area contributed by atoms with Gasteiger partial charge in [0.2, 0.25) is 10.0 Å². The molecule has 3 aromatic carbocycles. The Morgan fingerprint density at radius 2 is 1.63 bits per heavy atom. The van der Waals surface area contributed by atoms with Crippen molar-refractivity contribution in [3.05, 3.63) is 90.0 Å². The highest BCUT2D eigenvalue weighted by molar-refractivity contribution is 7.92. The molecule has 0 aliphatic carbocycles. The van der Waals surface area contributed by atoms with Crippen molar-refractivity contribution in [2.24, 2.45) is 0 Å². The molecule has 1 aromatic heterocycles. The predicted octanol–water partition coefficient (Wildman–Crippen LogP) is 5.16. The largest absolute Gasteiger partial charge is 0.496 e. The molecule has 0 fully saturated rings. The monoisotopic (exact) mass is 489 g/mol. The molecule has 1 atom stereocenters. The molecule has 0 unspecified atom stereocenters. The highest BCUT2D eigenvalue weighted by Crippen LogP contribution is 2.39. The van der Waals surface area contributed by atoms with E-state index in [1.165, 1.54) is 7.11 Å². The number of nitrogens with one attached hydrogen (secondary N) is 2. The van der Waals surface area contributed by atoms with E-state index in [0.29, 0.717) is 34.3 Å². The average molecular weight is 490 g/mol. The molecule has 0 radical (unpaired) electrons. The van der Waals surface area contributed by atoms with Crippen LogP contribution in [0, 0.1) is 0 Å². The number of amides is 1. The second kappa shape index (κ2) is 10.1. The van der Waals surface area contributed by atoms with Crippen molar-refractivity contribution in [1.29, 1.82) is 0 Å². The fourth-order valence-corrected chi connectivity index (χ4v) is 4.67. The molecule has 8 heteroatoms. The Hall–Kier alpha value is -3.91. The Labute approximate surface area is 205 Å². The second-order valence-corrected chi connectivity index (χ2v) is 9.90. The summed E-state index contributed by atoms with van der Waals surface area (Å²) in [7, 11) is -2.22. The van der Waals surface area contributed by atoms with Crippen molar-refractivity contribution in [3.63, 3.8) is 0 Å². The lowest BCUT2D eigenvalue weighted by Gasteiger charge is -2.22. The molecule has 0 aliphatic rings. The predicted molar refractivity (Wildman–Crippen MR) is 139 cm³/mol. The Morgan fingerprint density at radius 1 is 0.971 bits per heavy atom. The first kappa shape index (κ1) is 24.2. The van der Waals surface area contributed by atoms with Crippen molar-refractivity contribution < 1.29 is 17.9 Å². The highest BCUT2D eigenvalue weighted by Gasteiger charge is 2.26. The molecule has 4 aromatic rings. The lowest BCUT2D eigenvalue weighted by atomic mass is 9.99. The zero-order valence-electron chi connectivity index (χ0n) is 19.8. The summed E-state index contributed by atoms with van der Waals surface area (Å²) in [4.78, 5) is 18.6. The maximum absolute atomic E-state index is 13.8. The number of nitrogens with zero attached hydrogens (tertiary/aromatic N) is 1. The number of ether oxygens (including phenoxy) is 1. The molecule has 0 saturated carbocycles. The molecule has 1 heterocycles. The number of benzene rings is 3. The molecule has 7 nitrogen and oxygen atoms in total. The molecule has 0 saturated heterocycles. The number of para-hydroxylation sites is 2. The van der Waals surface area contributed by atoms with E-state index in [9.17, 15) is 13.2 Å². The Morgan fingerprint density at radius 3 is 2.31 bits per heavy atom. The van der Waals surface area contributed by atoms with Crippen molar-refractivity contribution in [2.45, 2.75) is 19.4 Å². The van der Waals surface area contributed by atoms with Crippen LogP contribution >= 0.6 is 0 Å². The highest BCUT2D eigenvalue weighted by atomic mass is 32.2. The van der Waals surface area contributed by atoms with E-state index in [4.69, 9.17) is 9.72 Å². The second-order valence-electron chi connectivity index (χ2n) is 8.15. The van der Waals surface area contributed by atoms with Crippen LogP contribution in [-0.2, 0) is 10.0 Å². The van der Waals surface area contributed by atoms with Crippen LogP contribution in [0.5, 0.6) is 5.75 Å². The molecular weight excluding hydrogens is 462 g/mol. The minimum atomic E-state index is -3.75. The SMILES string of the molecule is CC[C@H](NC(=O)c1c(NS(C)(=O)=O)c(-c2ccccc2OC)nc2ccccc12)c1ccccc1. The number of rotatable bonds is 8. The van der Waals surface area contributed by atoms with E-state index >= 15 is 0 Å². The standard InChI is InChI=1S/C27H27N3O4S/c1-4-21(18-12-6-5-7-13-18)29-27(31)24-19-14-8-10-16-22(19)28-25(26(24)30-35(3,32)33)20-15-9-11-17-23(20)34-2/h5-17,21,30H,4H2,1-3H3,(H,29,31)/t21-/m0/s1. The van der Waals surface area contributed by atoms with Crippen LogP contribution in [0.3, 0.4) is 0 Å². The first-order chi connectivity index (χ1) is 16.8. The fourth-order valence-electron chi connectivity index (χ4n) is 4.10. The third-order valence-electron chi connectivity index (χ3n) is 5.68. The van der Waals surface area contributed by atoms with Crippen LogP contribution in [0.2, 0.25) is 0 Å². The van der Waals surface area contributed by atoms with E-state index in [-0.39, 0.29) is 17.3 Å². The summed E-state index contributed by atoms with van der Waals surface area (Å²) in [5, 5.41) is 3.63. The number of carbonyl (C=O) groups excluding carboxylic acids is 1. The van der Waals surface area contributed by atoms with Crippen LogP contribution in [0.1, 0.15) is 35.3 Å². The van der Waals surface area contributed by atoms with E-state index < -0.39 is 15.9 Å². The quantitative estimate of drug-likeness (QED) is 0.356. The molecular formula is C27H27N3O4S. The number of fused-ring (bicyclic) bond motifs is 1. The Kier molecular flexibility index (Phi) is 7.02. The summed E-state index contributed by atoms with van der Waals surface area (Å²) < 4.78 is 33.0. The van der Waals surface area contributed by atoms with Gasteiger partial charge in [0.25, 0.3) is 5.91 Å². The van der Waals surface area contributed by atoms with E-state index in [0.717, 1.165) is 11.8 Å². The molecule has 35 heavy (non-hydrogen) atoms. The first-order valence-electron chi connectivity index (χ1n) is 11.2. The van der Waals surface area contributed by atoms with Gasteiger partial charge >= 0.3 is 0 Å². The lowest BCUT2D eigenvalue weighted by Crippen LogP contribution is -2.30. The molecule has 4 rings (SSSR count). The third-order valence-corrected chi connectivity index (χ3v) is 6.26.